The van der Waals surface area contributed by atoms with Crippen LogP contribution in [0.1, 0.15) is 22.8 Å². The molecule has 0 aliphatic heterocycles. The largest absolute Gasteiger partial charge is 0.478 e. The number of hydrogen-bond donors (Lipinski definition) is 2. The van der Waals surface area contributed by atoms with Gasteiger partial charge in [0, 0.05) is 19.6 Å². The average Bonchev–Trinajstić information content (AvgIpc) is 2.62. The molecule has 8 nitrogen and oxygen atoms in total. The summed E-state index contributed by atoms with van der Waals surface area (Å²) in [6.07, 6.45) is 1.34. The van der Waals surface area contributed by atoms with Crippen molar-refractivity contribution in [3.63, 3.8) is 0 Å². The number of aromatic carboxylic acids is 1. The van der Waals surface area contributed by atoms with Crippen molar-refractivity contribution in [3.05, 3.63) is 47.7 Å². The molecule has 28 heavy (non-hydrogen) atoms. The topological polar surface area (TPSA) is 103 Å². The van der Waals surface area contributed by atoms with Gasteiger partial charge < -0.3 is 14.9 Å². The normalized spacial score (nSPS) is 11.5. The number of aryl methyl sites for hydroxylation is 1. The van der Waals surface area contributed by atoms with Crippen molar-refractivity contribution in [2.75, 3.05) is 43.4 Å². The molecule has 0 aliphatic carbocycles. The number of rotatable bonds is 9. The van der Waals surface area contributed by atoms with Crippen LogP contribution in [0.3, 0.4) is 0 Å². The lowest BCUT2D eigenvalue weighted by atomic mass is 10.2. The van der Waals surface area contributed by atoms with E-state index in [9.17, 15) is 18.3 Å². The second-order valence-electron chi connectivity index (χ2n) is 6.65. The van der Waals surface area contributed by atoms with Crippen molar-refractivity contribution in [1.82, 2.24) is 9.88 Å². The Morgan fingerprint density at radius 1 is 1.21 bits per heavy atom. The van der Waals surface area contributed by atoms with E-state index < -0.39 is 16.0 Å². The third kappa shape index (κ3) is 5.20. The van der Waals surface area contributed by atoms with Gasteiger partial charge >= 0.3 is 5.97 Å². The summed E-state index contributed by atoms with van der Waals surface area (Å²) >= 11 is 0. The van der Waals surface area contributed by atoms with Gasteiger partial charge in [0.05, 0.1) is 16.8 Å². The van der Waals surface area contributed by atoms with Crippen LogP contribution in [0.25, 0.3) is 0 Å². The maximum absolute atomic E-state index is 12.7. The smallest absolute Gasteiger partial charge is 0.339 e. The van der Waals surface area contributed by atoms with Crippen molar-refractivity contribution in [1.29, 1.82) is 0 Å². The van der Waals surface area contributed by atoms with Crippen LogP contribution in [0.15, 0.2) is 41.4 Å². The third-order valence-electron chi connectivity index (χ3n) is 4.23. The fraction of sp³-hybridized carbons (Fsp3) is 0.368. The zero-order chi connectivity index (χ0) is 20.9. The van der Waals surface area contributed by atoms with E-state index in [1.54, 1.807) is 25.1 Å². The van der Waals surface area contributed by atoms with E-state index in [0.717, 1.165) is 6.54 Å². The molecule has 0 saturated carbocycles. The van der Waals surface area contributed by atoms with Gasteiger partial charge in [0.2, 0.25) is 0 Å². The summed E-state index contributed by atoms with van der Waals surface area (Å²) in [6.45, 7) is 5.52. The van der Waals surface area contributed by atoms with E-state index in [1.165, 1.54) is 18.3 Å². The molecule has 1 aromatic heterocycles. The number of aromatic nitrogens is 1. The molecular weight excluding hydrogens is 380 g/mol. The molecule has 2 rings (SSSR count). The molecule has 0 amide bonds. The van der Waals surface area contributed by atoms with Crippen LogP contribution in [-0.2, 0) is 10.0 Å². The summed E-state index contributed by atoms with van der Waals surface area (Å²) in [5.41, 5.74) is 0.650. The molecule has 9 heteroatoms. The first-order chi connectivity index (χ1) is 13.2. The highest BCUT2D eigenvalue weighted by molar-refractivity contribution is 7.92. The van der Waals surface area contributed by atoms with Crippen molar-refractivity contribution in [3.8, 4) is 0 Å². The predicted octanol–water partition coefficient (Wildman–Crippen LogP) is 2.28. The molecule has 2 aromatic rings. The van der Waals surface area contributed by atoms with Gasteiger partial charge in [-0.1, -0.05) is 18.2 Å². The fourth-order valence-corrected chi connectivity index (χ4v) is 4.01. The molecule has 0 unspecified atom stereocenters. The number of anilines is 2. The highest BCUT2D eigenvalue weighted by Gasteiger charge is 2.21. The lowest BCUT2D eigenvalue weighted by Crippen LogP contribution is -2.33. The van der Waals surface area contributed by atoms with Crippen LogP contribution in [0.2, 0.25) is 0 Å². The number of likely N-dealkylation sites (N-methyl/N-ethyl adjacent to an activating group) is 2. The summed E-state index contributed by atoms with van der Waals surface area (Å²) in [5, 5.41) is 9.62. The molecule has 0 radical (unpaired) electrons. The average molecular weight is 407 g/mol. The quantitative estimate of drug-likeness (QED) is 0.658. The monoisotopic (exact) mass is 406 g/mol. The molecule has 0 atom stereocenters. The third-order valence-corrected chi connectivity index (χ3v) is 5.77. The van der Waals surface area contributed by atoms with Gasteiger partial charge in [0.15, 0.2) is 0 Å². The number of nitrogens with one attached hydrogen (secondary N) is 1. The van der Waals surface area contributed by atoms with Crippen LogP contribution in [0.5, 0.6) is 0 Å². The van der Waals surface area contributed by atoms with Crippen LogP contribution >= 0.6 is 0 Å². The first-order valence-corrected chi connectivity index (χ1v) is 10.4. The maximum Gasteiger partial charge on any atom is 0.339 e. The van der Waals surface area contributed by atoms with E-state index in [0.29, 0.717) is 24.5 Å². The van der Waals surface area contributed by atoms with Gasteiger partial charge in [0.25, 0.3) is 10.0 Å². The number of pyridine rings is 1. The highest BCUT2D eigenvalue weighted by Crippen LogP contribution is 2.24. The number of hydrogen-bond acceptors (Lipinski definition) is 6. The Morgan fingerprint density at radius 2 is 1.89 bits per heavy atom. The molecule has 0 fully saturated rings. The number of benzene rings is 1. The van der Waals surface area contributed by atoms with E-state index in [-0.39, 0.29) is 16.1 Å². The Kier molecular flexibility index (Phi) is 6.98. The molecule has 0 aliphatic rings. The number of carboxylic acid groups (broad SMARTS) is 1. The zero-order valence-electron chi connectivity index (χ0n) is 16.5. The van der Waals surface area contributed by atoms with Gasteiger partial charge in [0.1, 0.15) is 11.4 Å². The van der Waals surface area contributed by atoms with Crippen molar-refractivity contribution >= 4 is 27.5 Å². The maximum atomic E-state index is 12.7. The highest BCUT2D eigenvalue weighted by atomic mass is 32.2. The number of carboxylic acids is 1. The minimum atomic E-state index is -3.85. The zero-order valence-corrected chi connectivity index (χ0v) is 17.3. The Morgan fingerprint density at radius 3 is 2.46 bits per heavy atom. The Hall–Kier alpha value is -2.65. The summed E-state index contributed by atoms with van der Waals surface area (Å²) in [5.74, 6) is -0.849. The lowest BCUT2D eigenvalue weighted by molar-refractivity contribution is 0.0697. The fourth-order valence-electron chi connectivity index (χ4n) is 2.73. The Labute approximate surface area is 165 Å². The number of sulfonamides is 1. The molecule has 1 heterocycles. The predicted molar refractivity (Wildman–Crippen MR) is 110 cm³/mol. The summed E-state index contributed by atoms with van der Waals surface area (Å²) in [4.78, 5) is 20.0. The van der Waals surface area contributed by atoms with Crippen LogP contribution in [-0.4, -0.2) is 63.1 Å². The van der Waals surface area contributed by atoms with Crippen LogP contribution in [0.4, 0.5) is 11.5 Å². The Bertz CT molecular complexity index is 945. The second-order valence-corrected chi connectivity index (χ2v) is 8.31. The minimum absolute atomic E-state index is 0.0504. The summed E-state index contributed by atoms with van der Waals surface area (Å²) in [6, 6.07) is 7.88. The second kappa shape index (κ2) is 9.03. The van der Waals surface area contributed by atoms with Gasteiger partial charge in [-0.15, -0.1) is 0 Å². The first kappa shape index (κ1) is 21.6. The van der Waals surface area contributed by atoms with Gasteiger partial charge in [-0.2, -0.15) is 0 Å². The molecule has 0 spiro atoms. The molecule has 0 saturated heterocycles. The molecule has 152 valence electrons. The minimum Gasteiger partial charge on any atom is -0.478 e. The van der Waals surface area contributed by atoms with Crippen LogP contribution in [0, 0.1) is 6.92 Å². The molecule has 2 N–H and O–H groups in total. The van der Waals surface area contributed by atoms with Crippen molar-refractivity contribution in [2.24, 2.45) is 0 Å². The first-order valence-electron chi connectivity index (χ1n) is 8.87. The summed E-state index contributed by atoms with van der Waals surface area (Å²) in [7, 11) is 0.0169. The van der Waals surface area contributed by atoms with Crippen LogP contribution < -0.4 is 9.62 Å². The standard InChI is InChI=1S/C19H26N4O4S/c1-5-23(11-10-22(3)4)18-16(19(24)25)12-15(13-20-18)21-28(26,27)17-9-7-6-8-14(17)2/h6-9,12-13,21H,5,10-11H2,1-4H3,(H,24,25). The van der Waals surface area contributed by atoms with E-state index >= 15 is 0 Å². The lowest BCUT2D eigenvalue weighted by Gasteiger charge is -2.25. The molecule has 0 bridgehead atoms. The van der Waals surface area contributed by atoms with E-state index in [4.69, 9.17) is 0 Å². The van der Waals surface area contributed by atoms with Gasteiger partial charge in [-0.3, -0.25) is 4.72 Å². The van der Waals surface area contributed by atoms with E-state index in [2.05, 4.69) is 9.71 Å². The van der Waals surface area contributed by atoms with Gasteiger partial charge in [-0.05, 0) is 45.6 Å². The summed E-state index contributed by atoms with van der Waals surface area (Å²) < 4.78 is 27.7. The number of nitrogens with zero attached hydrogens (tertiary/aromatic N) is 3. The van der Waals surface area contributed by atoms with Crippen molar-refractivity contribution < 1.29 is 18.3 Å². The van der Waals surface area contributed by atoms with E-state index in [1.807, 2.05) is 30.8 Å². The Balaban J connectivity index is 2.37. The molecule has 1 aromatic carbocycles. The molecular formula is C19H26N4O4S. The number of carbonyl (C=O) groups is 1. The van der Waals surface area contributed by atoms with Crippen molar-refractivity contribution in [2.45, 2.75) is 18.7 Å². The van der Waals surface area contributed by atoms with Gasteiger partial charge in [-0.25, -0.2) is 18.2 Å². The SMILES string of the molecule is CCN(CCN(C)C)c1ncc(NS(=O)(=O)c2ccccc2C)cc1C(=O)O.